The molecule has 1 aromatic carbocycles. The average Bonchev–Trinajstić information content (AvgIpc) is 2.61. The fourth-order valence-corrected chi connectivity index (χ4v) is 2.91. The van der Waals surface area contributed by atoms with E-state index in [0.29, 0.717) is 0 Å². The second-order valence-corrected chi connectivity index (χ2v) is 6.68. The molecule has 0 radical (unpaired) electrons. The first kappa shape index (κ1) is 22.3. The average molecular weight is 366 g/mol. The number of carboxylic acid groups (broad SMARTS) is 1. The molecule has 0 aliphatic carbocycles. The SMILES string of the molecule is CCCCCCOCCCCCCCCc1cccc(OC(=O)O)c1O. The van der Waals surface area contributed by atoms with E-state index in [1.54, 1.807) is 6.07 Å². The zero-order chi connectivity index (χ0) is 19.0. The van der Waals surface area contributed by atoms with Crippen LogP contribution in [0.2, 0.25) is 0 Å². The van der Waals surface area contributed by atoms with Gasteiger partial charge >= 0.3 is 6.16 Å². The van der Waals surface area contributed by atoms with Crippen molar-refractivity contribution >= 4 is 6.16 Å². The van der Waals surface area contributed by atoms with Crippen molar-refractivity contribution in [1.82, 2.24) is 0 Å². The standard InChI is InChI=1S/C21H34O5/c1-2-3-4-10-16-25-17-11-8-6-5-7-9-13-18-14-12-15-19(20(18)22)26-21(23)24/h12,14-15,22H,2-11,13,16-17H2,1H3,(H,23,24). The molecule has 0 bridgehead atoms. The highest BCUT2D eigenvalue weighted by atomic mass is 16.7. The summed E-state index contributed by atoms with van der Waals surface area (Å²) in [7, 11) is 0. The molecule has 1 rings (SSSR count). The van der Waals surface area contributed by atoms with Crippen LogP contribution in [-0.4, -0.2) is 29.6 Å². The summed E-state index contributed by atoms with van der Waals surface area (Å²) in [5, 5.41) is 18.7. The summed E-state index contributed by atoms with van der Waals surface area (Å²) < 4.78 is 10.2. The minimum absolute atomic E-state index is 0.00435. The first-order chi connectivity index (χ1) is 12.6. The summed E-state index contributed by atoms with van der Waals surface area (Å²) in [4.78, 5) is 10.6. The molecule has 0 unspecified atom stereocenters. The van der Waals surface area contributed by atoms with Gasteiger partial charge in [-0.1, -0.05) is 64.0 Å². The second-order valence-electron chi connectivity index (χ2n) is 6.68. The smallest absolute Gasteiger partial charge is 0.504 e. The normalized spacial score (nSPS) is 10.8. The number of aryl methyl sites for hydroxylation is 1. The summed E-state index contributed by atoms with van der Waals surface area (Å²) in [6.07, 6.45) is 11.1. The number of hydrogen-bond acceptors (Lipinski definition) is 4. The fraction of sp³-hybridized carbons (Fsp3) is 0.667. The van der Waals surface area contributed by atoms with Gasteiger partial charge in [0, 0.05) is 13.2 Å². The molecule has 0 amide bonds. The fourth-order valence-electron chi connectivity index (χ4n) is 2.91. The molecular formula is C21H34O5. The first-order valence-corrected chi connectivity index (χ1v) is 9.94. The Balaban J connectivity index is 2.02. The van der Waals surface area contributed by atoms with Crippen LogP contribution in [0.5, 0.6) is 11.5 Å². The van der Waals surface area contributed by atoms with Crippen LogP contribution < -0.4 is 4.74 Å². The predicted molar refractivity (Wildman–Crippen MR) is 103 cm³/mol. The molecule has 0 aliphatic heterocycles. The second kappa shape index (κ2) is 14.4. The summed E-state index contributed by atoms with van der Waals surface area (Å²) in [5.41, 5.74) is 0.736. The summed E-state index contributed by atoms with van der Waals surface area (Å²) in [6, 6.07) is 4.97. The summed E-state index contributed by atoms with van der Waals surface area (Å²) >= 11 is 0. The Bertz CT molecular complexity index is 501. The zero-order valence-electron chi connectivity index (χ0n) is 16.0. The van der Waals surface area contributed by atoms with Gasteiger partial charge in [-0.25, -0.2) is 4.79 Å². The Labute approximate surface area is 157 Å². The lowest BCUT2D eigenvalue weighted by Crippen LogP contribution is -2.03. The molecule has 2 N–H and O–H groups in total. The van der Waals surface area contributed by atoms with Gasteiger partial charge in [0.1, 0.15) is 0 Å². The van der Waals surface area contributed by atoms with E-state index in [2.05, 4.69) is 11.7 Å². The maximum Gasteiger partial charge on any atom is 0.511 e. The Morgan fingerprint density at radius 3 is 2.19 bits per heavy atom. The van der Waals surface area contributed by atoms with Crippen molar-refractivity contribution in [1.29, 1.82) is 0 Å². The number of aromatic hydroxyl groups is 1. The lowest BCUT2D eigenvalue weighted by molar-refractivity contribution is 0.125. The van der Waals surface area contributed by atoms with Crippen LogP contribution >= 0.6 is 0 Å². The Kier molecular flexibility index (Phi) is 12.4. The van der Waals surface area contributed by atoms with Crippen molar-refractivity contribution < 1.29 is 24.5 Å². The van der Waals surface area contributed by atoms with E-state index < -0.39 is 6.16 Å². The molecule has 0 saturated heterocycles. The van der Waals surface area contributed by atoms with E-state index in [1.165, 1.54) is 51.0 Å². The maximum atomic E-state index is 10.6. The molecule has 0 fully saturated rings. The van der Waals surface area contributed by atoms with Gasteiger partial charge < -0.3 is 19.7 Å². The lowest BCUT2D eigenvalue weighted by Gasteiger charge is -2.08. The van der Waals surface area contributed by atoms with Gasteiger partial charge in [0.15, 0.2) is 11.5 Å². The number of phenols is 1. The largest absolute Gasteiger partial charge is 0.511 e. The third-order valence-corrected chi connectivity index (χ3v) is 4.41. The van der Waals surface area contributed by atoms with Gasteiger partial charge in [0.25, 0.3) is 0 Å². The van der Waals surface area contributed by atoms with Crippen LogP contribution in [0.4, 0.5) is 4.79 Å². The van der Waals surface area contributed by atoms with Crippen LogP contribution in [0.15, 0.2) is 18.2 Å². The third-order valence-electron chi connectivity index (χ3n) is 4.41. The zero-order valence-corrected chi connectivity index (χ0v) is 16.0. The van der Waals surface area contributed by atoms with Gasteiger partial charge in [-0.3, -0.25) is 0 Å². The number of hydrogen-bond donors (Lipinski definition) is 2. The molecule has 26 heavy (non-hydrogen) atoms. The van der Waals surface area contributed by atoms with Crippen LogP contribution in [0.3, 0.4) is 0 Å². The molecule has 5 heteroatoms. The number of benzene rings is 1. The number of ether oxygens (including phenoxy) is 2. The molecule has 0 saturated carbocycles. The van der Waals surface area contributed by atoms with Crippen molar-refractivity contribution in [2.24, 2.45) is 0 Å². The van der Waals surface area contributed by atoms with Gasteiger partial charge in [0.05, 0.1) is 0 Å². The van der Waals surface area contributed by atoms with Crippen LogP contribution in [-0.2, 0) is 11.2 Å². The molecule has 0 atom stereocenters. The third kappa shape index (κ3) is 10.3. The first-order valence-electron chi connectivity index (χ1n) is 9.94. The molecule has 1 aromatic rings. The molecule has 0 aliphatic rings. The van der Waals surface area contributed by atoms with Crippen molar-refractivity contribution in [2.45, 2.75) is 77.6 Å². The van der Waals surface area contributed by atoms with Crippen LogP contribution in [0.25, 0.3) is 0 Å². The summed E-state index contributed by atoms with van der Waals surface area (Å²) in [5.74, 6) is -0.0596. The summed E-state index contributed by atoms with van der Waals surface area (Å²) in [6.45, 7) is 3.99. The molecule has 5 nitrogen and oxygen atoms in total. The van der Waals surface area contributed by atoms with E-state index in [9.17, 15) is 9.90 Å². The van der Waals surface area contributed by atoms with E-state index in [1.807, 2.05) is 6.07 Å². The Hall–Kier alpha value is -1.75. The van der Waals surface area contributed by atoms with Gasteiger partial charge in [-0.2, -0.15) is 0 Å². The van der Waals surface area contributed by atoms with E-state index >= 15 is 0 Å². The Morgan fingerprint density at radius 1 is 0.923 bits per heavy atom. The van der Waals surface area contributed by atoms with Crippen molar-refractivity contribution in [3.05, 3.63) is 23.8 Å². The quantitative estimate of drug-likeness (QED) is 0.229. The monoisotopic (exact) mass is 366 g/mol. The van der Waals surface area contributed by atoms with E-state index in [4.69, 9.17) is 9.84 Å². The molecule has 0 aromatic heterocycles. The van der Waals surface area contributed by atoms with E-state index in [0.717, 1.165) is 44.5 Å². The number of para-hydroxylation sites is 1. The highest BCUT2D eigenvalue weighted by Gasteiger charge is 2.10. The number of carbonyl (C=O) groups is 1. The maximum absolute atomic E-state index is 10.6. The minimum Gasteiger partial charge on any atom is -0.504 e. The topological polar surface area (TPSA) is 76.0 Å². The van der Waals surface area contributed by atoms with Gasteiger partial charge in [-0.05, 0) is 37.3 Å². The van der Waals surface area contributed by atoms with Crippen molar-refractivity contribution in [3.8, 4) is 11.5 Å². The highest BCUT2D eigenvalue weighted by molar-refractivity contribution is 5.63. The van der Waals surface area contributed by atoms with Crippen LogP contribution in [0.1, 0.15) is 76.7 Å². The number of rotatable bonds is 15. The van der Waals surface area contributed by atoms with E-state index in [-0.39, 0.29) is 11.5 Å². The van der Waals surface area contributed by atoms with Crippen LogP contribution in [0, 0.1) is 0 Å². The number of phenolic OH excluding ortho intramolecular Hbond substituents is 1. The minimum atomic E-state index is -1.41. The van der Waals surface area contributed by atoms with Crippen molar-refractivity contribution in [2.75, 3.05) is 13.2 Å². The molecule has 0 spiro atoms. The predicted octanol–water partition coefficient (Wildman–Crippen LogP) is 5.93. The van der Waals surface area contributed by atoms with Crippen molar-refractivity contribution in [3.63, 3.8) is 0 Å². The van der Waals surface area contributed by atoms with Gasteiger partial charge in [-0.15, -0.1) is 0 Å². The van der Waals surface area contributed by atoms with Gasteiger partial charge in [0.2, 0.25) is 0 Å². The Morgan fingerprint density at radius 2 is 1.54 bits per heavy atom. The number of unbranched alkanes of at least 4 members (excludes halogenated alkanes) is 8. The molecular weight excluding hydrogens is 332 g/mol. The lowest BCUT2D eigenvalue weighted by atomic mass is 10.0. The molecule has 148 valence electrons. The molecule has 0 heterocycles. The highest BCUT2D eigenvalue weighted by Crippen LogP contribution is 2.31.